The van der Waals surface area contributed by atoms with E-state index >= 15 is 0 Å². The number of nitrogens with one attached hydrogen (secondary N) is 1. The lowest BCUT2D eigenvalue weighted by atomic mass is 10.1. The van der Waals surface area contributed by atoms with Gasteiger partial charge in [-0.1, -0.05) is 19.9 Å². The summed E-state index contributed by atoms with van der Waals surface area (Å²) >= 11 is 0. The van der Waals surface area contributed by atoms with Gasteiger partial charge >= 0.3 is 6.03 Å². The number of carbonyl (C=O) groups is 2. The molecule has 2 heterocycles. The number of benzene rings is 2. The van der Waals surface area contributed by atoms with E-state index in [9.17, 15) is 9.59 Å². The van der Waals surface area contributed by atoms with E-state index in [0.717, 1.165) is 5.56 Å². The maximum Gasteiger partial charge on any atom is 0.322 e. The van der Waals surface area contributed by atoms with Crippen molar-refractivity contribution < 1.29 is 33.0 Å². The summed E-state index contributed by atoms with van der Waals surface area (Å²) < 4.78 is 27.0. The van der Waals surface area contributed by atoms with Gasteiger partial charge in [0.25, 0.3) is 0 Å². The fourth-order valence-corrected chi connectivity index (χ4v) is 4.10. The van der Waals surface area contributed by atoms with Crippen molar-refractivity contribution >= 4 is 17.6 Å². The Bertz CT molecular complexity index is 1240. The number of amides is 3. The summed E-state index contributed by atoms with van der Waals surface area (Å²) in [5, 5.41) is 2.87. The molecular weight excluding hydrogens is 490 g/mol. The van der Waals surface area contributed by atoms with E-state index in [-0.39, 0.29) is 31.7 Å². The molecule has 0 radical (unpaired) electrons. The van der Waals surface area contributed by atoms with Gasteiger partial charge in [-0.25, -0.2) is 4.79 Å². The number of furan rings is 1. The van der Waals surface area contributed by atoms with E-state index in [4.69, 9.17) is 23.4 Å². The molecule has 1 aliphatic heterocycles. The summed E-state index contributed by atoms with van der Waals surface area (Å²) in [7, 11) is 3.07. The minimum Gasteiger partial charge on any atom is -0.497 e. The fourth-order valence-electron chi connectivity index (χ4n) is 4.10. The molecule has 0 fully saturated rings. The molecule has 1 aromatic heterocycles. The first kappa shape index (κ1) is 26.7. The maximum atomic E-state index is 13.6. The lowest BCUT2D eigenvalue weighted by Gasteiger charge is -2.29. The molecule has 10 nitrogen and oxygen atoms in total. The molecular formula is C28H33N3O7. The number of urea groups is 1. The van der Waals surface area contributed by atoms with E-state index in [1.807, 2.05) is 38.1 Å². The van der Waals surface area contributed by atoms with Gasteiger partial charge in [0.2, 0.25) is 12.7 Å². The first-order chi connectivity index (χ1) is 18.4. The molecule has 2 aromatic carbocycles. The predicted molar refractivity (Wildman–Crippen MR) is 141 cm³/mol. The molecule has 0 atom stereocenters. The number of anilines is 1. The molecule has 4 rings (SSSR count). The first-order valence-electron chi connectivity index (χ1n) is 12.3. The van der Waals surface area contributed by atoms with Crippen LogP contribution in [0.25, 0.3) is 0 Å². The third-order valence-corrected chi connectivity index (χ3v) is 5.94. The smallest absolute Gasteiger partial charge is 0.322 e. The largest absolute Gasteiger partial charge is 0.497 e. The van der Waals surface area contributed by atoms with Gasteiger partial charge in [0.1, 0.15) is 23.8 Å². The molecule has 1 aliphatic rings. The monoisotopic (exact) mass is 523 g/mol. The Hall–Kier alpha value is -4.34. The van der Waals surface area contributed by atoms with Crippen LogP contribution in [-0.2, 0) is 17.9 Å². The van der Waals surface area contributed by atoms with Crippen LogP contribution in [0.5, 0.6) is 23.0 Å². The highest BCUT2D eigenvalue weighted by Crippen LogP contribution is 2.33. The maximum absolute atomic E-state index is 13.6. The zero-order chi connectivity index (χ0) is 27.1. The number of nitrogens with zero attached hydrogens (tertiary/aromatic N) is 2. The second-order valence-electron chi connectivity index (χ2n) is 9.29. The standard InChI is InChI=1S/C28H33N3O7/c1-19(2)14-31(28(33)29-23-9-8-21(34-3)13-25(23)35-4)17-27(32)30(16-22-6-5-11-36-22)15-20-7-10-24-26(12-20)38-18-37-24/h5-13,19H,14-18H2,1-4H3,(H,29,33). The Balaban J connectivity index is 1.52. The number of rotatable bonds is 11. The van der Waals surface area contributed by atoms with E-state index in [0.29, 0.717) is 47.5 Å². The molecule has 3 aromatic rings. The summed E-state index contributed by atoms with van der Waals surface area (Å²) in [5.41, 5.74) is 1.35. The molecule has 1 N–H and O–H groups in total. The van der Waals surface area contributed by atoms with Gasteiger partial charge < -0.3 is 38.5 Å². The van der Waals surface area contributed by atoms with Crippen molar-refractivity contribution in [2.24, 2.45) is 5.92 Å². The van der Waals surface area contributed by atoms with Crippen molar-refractivity contribution in [3.63, 3.8) is 0 Å². The van der Waals surface area contributed by atoms with Crippen molar-refractivity contribution in [2.75, 3.05) is 39.4 Å². The Kier molecular flexibility index (Phi) is 8.62. The molecule has 0 saturated carbocycles. The summed E-state index contributed by atoms with van der Waals surface area (Å²) in [6, 6.07) is 13.9. The lowest BCUT2D eigenvalue weighted by Crippen LogP contribution is -2.45. The minimum atomic E-state index is -0.406. The molecule has 0 saturated heterocycles. The zero-order valence-electron chi connectivity index (χ0n) is 22.1. The van der Waals surface area contributed by atoms with Crippen molar-refractivity contribution in [2.45, 2.75) is 26.9 Å². The molecule has 202 valence electrons. The van der Waals surface area contributed by atoms with Crippen LogP contribution >= 0.6 is 0 Å². The van der Waals surface area contributed by atoms with Crippen LogP contribution in [0.3, 0.4) is 0 Å². The second kappa shape index (κ2) is 12.3. The Labute approximate surface area is 222 Å². The van der Waals surface area contributed by atoms with Crippen molar-refractivity contribution in [1.29, 1.82) is 0 Å². The van der Waals surface area contributed by atoms with E-state index < -0.39 is 6.03 Å². The quantitative estimate of drug-likeness (QED) is 0.387. The summed E-state index contributed by atoms with van der Waals surface area (Å²) in [6.07, 6.45) is 1.57. The zero-order valence-corrected chi connectivity index (χ0v) is 22.1. The highest BCUT2D eigenvalue weighted by Gasteiger charge is 2.25. The van der Waals surface area contributed by atoms with E-state index in [1.165, 1.54) is 12.0 Å². The first-order valence-corrected chi connectivity index (χ1v) is 12.3. The van der Waals surface area contributed by atoms with Crippen LogP contribution < -0.4 is 24.3 Å². The second-order valence-corrected chi connectivity index (χ2v) is 9.29. The minimum absolute atomic E-state index is 0.117. The highest BCUT2D eigenvalue weighted by molar-refractivity contribution is 5.93. The van der Waals surface area contributed by atoms with Gasteiger partial charge in [0.15, 0.2) is 11.5 Å². The van der Waals surface area contributed by atoms with Crippen LogP contribution in [0.15, 0.2) is 59.2 Å². The normalized spacial score (nSPS) is 11.8. The molecule has 0 spiro atoms. The van der Waals surface area contributed by atoms with E-state index in [1.54, 1.807) is 42.5 Å². The molecule has 0 unspecified atom stereocenters. The summed E-state index contributed by atoms with van der Waals surface area (Å²) in [5.74, 6) is 2.92. The highest BCUT2D eigenvalue weighted by atomic mass is 16.7. The van der Waals surface area contributed by atoms with Gasteiger partial charge in [-0.3, -0.25) is 4.79 Å². The van der Waals surface area contributed by atoms with Crippen LogP contribution in [0.1, 0.15) is 25.2 Å². The average Bonchev–Trinajstić information content (AvgIpc) is 3.59. The van der Waals surface area contributed by atoms with Crippen molar-refractivity contribution in [3.05, 3.63) is 66.1 Å². The number of carbonyl (C=O) groups excluding carboxylic acids is 2. The third kappa shape index (κ3) is 6.70. The molecule has 3 amide bonds. The fraction of sp³-hybridized carbons (Fsp3) is 0.357. The number of methoxy groups -OCH3 is 2. The molecule has 10 heteroatoms. The Morgan fingerprint density at radius 3 is 2.50 bits per heavy atom. The molecule has 0 aliphatic carbocycles. The lowest BCUT2D eigenvalue weighted by molar-refractivity contribution is -0.133. The van der Waals surface area contributed by atoms with Crippen molar-refractivity contribution in [1.82, 2.24) is 9.80 Å². The predicted octanol–water partition coefficient (Wildman–Crippen LogP) is 4.74. The van der Waals surface area contributed by atoms with Gasteiger partial charge in [0.05, 0.1) is 32.7 Å². The summed E-state index contributed by atoms with van der Waals surface area (Å²) in [6.45, 7) is 4.98. The van der Waals surface area contributed by atoms with Crippen LogP contribution in [-0.4, -0.2) is 55.8 Å². The van der Waals surface area contributed by atoms with Gasteiger partial charge in [-0.05, 0) is 47.9 Å². The van der Waals surface area contributed by atoms with Gasteiger partial charge in [0, 0.05) is 19.2 Å². The van der Waals surface area contributed by atoms with Gasteiger partial charge in [-0.2, -0.15) is 0 Å². The number of hydrogen-bond acceptors (Lipinski definition) is 7. The Morgan fingerprint density at radius 1 is 0.974 bits per heavy atom. The number of hydrogen-bond donors (Lipinski definition) is 1. The van der Waals surface area contributed by atoms with Crippen LogP contribution in [0, 0.1) is 5.92 Å². The van der Waals surface area contributed by atoms with Crippen LogP contribution in [0.4, 0.5) is 10.5 Å². The molecule has 38 heavy (non-hydrogen) atoms. The van der Waals surface area contributed by atoms with E-state index in [2.05, 4.69) is 5.32 Å². The van der Waals surface area contributed by atoms with Crippen molar-refractivity contribution in [3.8, 4) is 23.0 Å². The number of fused-ring (bicyclic) bond motifs is 1. The topological polar surface area (TPSA) is 103 Å². The average molecular weight is 524 g/mol. The SMILES string of the molecule is COc1ccc(NC(=O)N(CC(=O)N(Cc2ccc3c(c2)OCO3)Cc2ccco2)CC(C)C)c(OC)c1. The third-order valence-electron chi connectivity index (χ3n) is 5.94. The molecule has 0 bridgehead atoms. The summed E-state index contributed by atoms with van der Waals surface area (Å²) in [4.78, 5) is 30.1. The number of ether oxygens (including phenoxy) is 4. The van der Waals surface area contributed by atoms with Crippen LogP contribution in [0.2, 0.25) is 0 Å². The Morgan fingerprint density at radius 2 is 1.79 bits per heavy atom. The van der Waals surface area contributed by atoms with Gasteiger partial charge in [-0.15, -0.1) is 0 Å².